The van der Waals surface area contributed by atoms with Gasteiger partial charge in [0.1, 0.15) is 0 Å². The highest BCUT2D eigenvalue weighted by Crippen LogP contribution is 2.41. The van der Waals surface area contributed by atoms with Crippen molar-refractivity contribution in [3.05, 3.63) is 87.9 Å². The highest BCUT2D eigenvalue weighted by molar-refractivity contribution is 8.14. The predicted octanol–water partition coefficient (Wildman–Crippen LogP) is 7.29. The Hall–Kier alpha value is -1.70. The van der Waals surface area contributed by atoms with Crippen LogP contribution in [-0.4, -0.2) is 13.5 Å². The molecule has 0 saturated carbocycles. The number of hydrogen-bond donors (Lipinski definition) is 1. The lowest BCUT2D eigenvalue weighted by Crippen LogP contribution is -2.26. The van der Waals surface area contributed by atoms with Crippen LogP contribution in [-0.2, 0) is 16.6 Å². The van der Waals surface area contributed by atoms with Crippen LogP contribution < -0.4 is 3.71 Å². The summed E-state index contributed by atoms with van der Waals surface area (Å²) < 4.78 is 29.5. The van der Waals surface area contributed by atoms with E-state index in [0.29, 0.717) is 26.9 Å². The van der Waals surface area contributed by atoms with Crippen LogP contribution in [0.15, 0.2) is 76.5 Å². The first-order chi connectivity index (χ1) is 15.3. The van der Waals surface area contributed by atoms with Crippen molar-refractivity contribution >= 4 is 50.9 Å². The molecule has 3 aromatic carbocycles. The lowest BCUT2D eigenvalue weighted by Gasteiger charge is -2.27. The molecule has 0 heterocycles. The zero-order valence-corrected chi connectivity index (χ0v) is 21.0. The molecule has 3 rings (SSSR count). The summed E-state index contributed by atoms with van der Waals surface area (Å²) >= 11 is 13.5. The summed E-state index contributed by atoms with van der Waals surface area (Å²) in [5.41, 5.74) is 1.47. The second-order valence-electron chi connectivity index (χ2n) is 7.44. The van der Waals surface area contributed by atoms with E-state index in [1.54, 1.807) is 30.3 Å². The van der Waals surface area contributed by atoms with Gasteiger partial charge in [0, 0.05) is 32.5 Å². The van der Waals surface area contributed by atoms with Crippen molar-refractivity contribution in [2.75, 3.05) is 3.71 Å². The number of nitrogens with zero attached hydrogens (tertiary/aromatic N) is 1. The maximum absolute atomic E-state index is 14.1. The van der Waals surface area contributed by atoms with Crippen LogP contribution in [0.3, 0.4) is 0 Å². The first-order valence-electron chi connectivity index (χ1n) is 10.2. The third kappa shape index (κ3) is 5.61. The van der Waals surface area contributed by atoms with Crippen molar-refractivity contribution in [2.24, 2.45) is 0 Å². The summed E-state index contributed by atoms with van der Waals surface area (Å²) in [5.74, 6) is 0.0299. The van der Waals surface area contributed by atoms with E-state index >= 15 is 0 Å². The quantitative estimate of drug-likeness (QED) is 0.307. The zero-order chi connectivity index (χ0) is 23.3. The molecule has 0 bridgehead atoms. The smallest absolute Gasteiger partial charge is 0.274 e. The minimum Gasteiger partial charge on any atom is -0.392 e. The van der Waals surface area contributed by atoms with E-state index in [1.165, 1.54) is 9.78 Å². The van der Waals surface area contributed by atoms with Gasteiger partial charge in [-0.1, -0.05) is 73.8 Å². The Morgan fingerprint density at radius 2 is 1.66 bits per heavy atom. The standard InChI is InChI=1S/C24H25Cl2NO3S2/c1-3-7-17(2)22-13-12-20(26)15-24(22)32(29,30)27(31-21-8-5-4-6-9-21)23-14-19(25)11-10-18(23)16-28/h4-6,8-15,17,28H,3,7,16H2,1-2H3/t17-/m1/s1. The van der Waals surface area contributed by atoms with Crippen LogP contribution >= 0.6 is 35.1 Å². The summed E-state index contributed by atoms with van der Waals surface area (Å²) in [6.45, 7) is 3.75. The molecule has 3 aromatic rings. The number of anilines is 1. The van der Waals surface area contributed by atoms with Gasteiger partial charge in [0.25, 0.3) is 10.0 Å². The summed E-state index contributed by atoms with van der Waals surface area (Å²) in [7, 11) is -4.08. The number of benzene rings is 3. The molecule has 0 amide bonds. The lowest BCUT2D eigenvalue weighted by molar-refractivity contribution is 0.282. The van der Waals surface area contributed by atoms with Gasteiger partial charge in [-0.05, 0) is 54.3 Å². The van der Waals surface area contributed by atoms with E-state index in [2.05, 4.69) is 6.92 Å². The number of aliphatic hydroxyl groups excluding tert-OH is 1. The van der Waals surface area contributed by atoms with Gasteiger partial charge < -0.3 is 5.11 Å². The van der Waals surface area contributed by atoms with Gasteiger partial charge in [-0.15, -0.1) is 0 Å². The minimum atomic E-state index is -4.08. The molecule has 0 fully saturated rings. The van der Waals surface area contributed by atoms with Crippen LogP contribution in [0.5, 0.6) is 0 Å². The molecule has 4 nitrogen and oxygen atoms in total. The average molecular weight is 511 g/mol. The third-order valence-electron chi connectivity index (χ3n) is 5.07. The predicted molar refractivity (Wildman–Crippen MR) is 134 cm³/mol. The van der Waals surface area contributed by atoms with Gasteiger partial charge in [0.05, 0.1) is 17.2 Å². The number of aliphatic hydroxyl groups is 1. The SMILES string of the molecule is CCC[C@@H](C)c1ccc(Cl)cc1S(=O)(=O)N(Sc1ccccc1)c1cc(Cl)ccc1CO. The molecule has 0 aromatic heterocycles. The second-order valence-corrected chi connectivity index (χ2v) is 11.3. The Morgan fingerprint density at radius 1 is 1.00 bits per heavy atom. The number of rotatable bonds is 9. The first kappa shape index (κ1) is 24.9. The second kappa shape index (κ2) is 10.9. The van der Waals surface area contributed by atoms with Crippen LogP contribution in [0.25, 0.3) is 0 Å². The van der Waals surface area contributed by atoms with Gasteiger partial charge in [-0.2, -0.15) is 0 Å². The van der Waals surface area contributed by atoms with Crippen LogP contribution in [0.2, 0.25) is 10.0 Å². The molecule has 32 heavy (non-hydrogen) atoms. The normalized spacial score (nSPS) is 12.5. The van der Waals surface area contributed by atoms with Gasteiger partial charge >= 0.3 is 0 Å². The van der Waals surface area contributed by atoms with Gasteiger partial charge in [-0.3, -0.25) is 0 Å². The summed E-state index contributed by atoms with van der Waals surface area (Å²) in [5, 5.41) is 10.6. The first-order valence-corrected chi connectivity index (χ1v) is 13.2. The Balaban J connectivity index is 2.23. The fourth-order valence-electron chi connectivity index (χ4n) is 3.46. The molecule has 1 atom stereocenters. The molecule has 0 aliphatic carbocycles. The zero-order valence-electron chi connectivity index (χ0n) is 17.8. The highest BCUT2D eigenvalue weighted by Gasteiger charge is 2.32. The molecule has 0 aliphatic heterocycles. The van der Waals surface area contributed by atoms with Crippen molar-refractivity contribution in [3.63, 3.8) is 0 Å². The van der Waals surface area contributed by atoms with E-state index in [0.717, 1.165) is 29.7 Å². The molecule has 1 N–H and O–H groups in total. The molecular weight excluding hydrogens is 485 g/mol. The monoisotopic (exact) mass is 509 g/mol. The number of sulfonamides is 1. The average Bonchev–Trinajstić information content (AvgIpc) is 2.78. The molecule has 0 aliphatic rings. The molecule has 0 saturated heterocycles. The molecule has 0 unspecified atom stereocenters. The van der Waals surface area contributed by atoms with Crippen LogP contribution in [0.1, 0.15) is 43.7 Å². The van der Waals surface area contributed by atoms with E-state index in [1.807, 2.05) is 37.3 Å². The van der Waals surface area contributed by atoms with Crippen LogP contribution in [0.4, 0.5) is 5.69 Å². The molecule has 8 heteroatoms. The Labute approximate surface area is 204 Å². The number of halogens is 2. The third-order valence-corrected chi connectivity index (χ3v) is 8.74. The van der Waals surface area contributed by atoms with Gasteiger partial charge in [0.15, 0.2) is 0 Å². The number of hydrogen-bond acceptors (Lipinski definition) is 4. The molecule has 170 valence electrons. The van der Waals surface area contributed by atoms with Crippen molar-refractivity contribution in [3.8, 4) is 0 Å². The van der Waals surface area contributed by atoms with Gasteiger partial charge in [-0.25, -0.2) is 12.1 Å². The molecule has 0 radical (unpaired) electrons. The maximum Gasteiger partial charge on any atom is 0.274 e. The van der Waals surface area contributed by atoms with Crippen molar-refractivity contribution < 1.29 is 13.5 Å². The van der Waals surface area contributed by atoms with Crippen LogP contribution in [0, 0.1) is 0 Å². The van der Waals surface area contributed by atoms with E-state index in [9.17, 15) is 13.5 Å². The van der Waals surface area contributed by atoms with E-state index in [-0.39, 0.29) is 17.4 Å². The molecule has 0 spiro atoms. The van der Waals surface area contributed by atoms with Crippen molar-refractivity contribution in [2.45, 2.75) is 49.0 Å². The summed E-state index contributed by atoms with van der Waals surface area (Å²) in [6, 6.07) is 19.0. The lowest BCUT2D eigenvalue weighted by atomic mass is 9.97. The minimum absolute atomic E-state index is 0.0299. The summed E-state index contributed by atoms with van der Waals surface area (Å²) in [4.78, 5) is 0.878. The van der Waals surface area contributed by atoms with Crippen molar-refractivity contribution in [1.29, 1.82) is 0 Å². The van der Waals surface area contributed by atoms with E-state index in [4.69, 9.17) is 23.2 Å². The highest BCUT2D eigenvalue weighted by atomic mass is 35.5. The van der Waals surface area contributed by atoms with Gasteiger partial charge in [0.2, 0.25) is 0 Å². The fourth-order valence-corrected chi connectivity index (χ4v) is 6.95. The summed E-state index contributed by atoms with van der Waals surface area (Å²) in [6.07, 6.45) is 1.77. The molecular formula is C24H25Cl2NO3S2. The largest absolute Gasteiger partial charge is 0.392 e. The Bertz CT molecular complexity index is 1170. The Kier molecular flexibility index (Phi) is 8.53. The fraction of sp³-hybridized carbons (Fsp3) is 0.250. The topological polar surface area (TPSA) is 57.6 Å². The van der Waals surface area contributed by atoms with E-state index < -0.39 is 10.0 Å². The van der Waals surface area contributed by atoms with Crippen molar-refractivity contribution in [1.82, 2.24) is 0 Å². The Morgan fingerprint density at radius 3 is 2.31 bits per heavy atom. The maximum atomic E-state index is 14.1.